The van der Waals surface area contributed by atoms with E-state index < -0.39 is 0 Å². The van der Waals surface area contributed by atoms with Gasteiger partial charge in [0.15, 0.2) is 0 Å². The van der Waals surface area contributed by atoms with Crippen LogP contribution in [0.5, 0.6) is 5.75 Å². The molecule has 3 aliphatic heterocycles. The Labute approximate surface area is 213 Å². The van der Waals surface area contributed by atoms with Crippen LogP contribution in [0.1, 0.15) is 61.0 Å². The molecule has 5 rings (SSSR count). The highest BCUT2D eigenvalue weighted by molar-refractivity contribution is 5.77. The Kier molecular flexibility index (Phi) is 7.58. The number of carbonyl (C=O) groups excluding carboxylic acids is 2. The molecule has 4 heterocycles. The number of benzene rings is 1. The molecule has 0 spiro atoms. The van der Waals surface area contributed by atoms with E-state index in [2.05, 4.69) is 23.5 Å². The van der Waals surface area contributed by atoms with Gasteiger partial charge in [0.25, 0.3) is 0 Å². The first-order valence-electron chi connectivity index (χ1n) is 13.3. The van der Waals surface area contributed by atoms with Gasteiger partial charge < -0.3 is 24.6 Å². The second-order valence-electron chi connectivity index (χ2n) is 9.75. The molecule has 3 aliphatic rings. The van der Waals surface area contributed by atoms with E-state index in [1.807, 2.05) is 21.9 Å². The van der Waals surface area contributed by atoms with Crippen LogP contribution >= 0.6 is 0 Å². The maximum absolute atomic E-state index is 13.6. The van der Waals surface area contributed by atoms with Crippen LogP contribution < -0.4 is 10.1 Å². The summed E-state index contributed by atoms with van der Waals surface area (Å²) in [5.41, 5.74) is 4.44. The minimum absolute atomic E-state index is 0.0166. The third-order valence-corrected chi connectivity index (χ3v) is 7.30. The topological polar surface area (TPSA) is 84.0 Å². The SMILES string of the molecule is CCOC(=O)C[C@@H](c1ccc2c(c1)OCC2)N1CCCN(CCCc2ccc3c(n2)NCCC3)C1=O. The van der Waals surface area contributed by atoms with Crippen molar-refractivity contribution in [1.82, 2.24) is 14.8 Å². The van der Waals surface area contributed by atoms with Crippen LogP contribution in [-0.2, 0) is 28.8 Å². The smallest absolute Gasteiger partial charge is 0.320 e. The van der Waals surface area contributed by atoms with Gasteiger partial charge in [-0.15, -0.1) is 0 Å². The Bertz CT molecular complexity index is 1100. The van der Waals surface area contributed by atoms with E-state index in [9.17, 15) is 9.59 Å². The number of amides is 2. The lowest BCUT2D eigenvalue weighted by atomic mass is 9.98. The van der Waals surface area contributed by atoms with Crippen molar-refractivity contribution in [2.75, 3.05) is 44.7 Å². The number of esters is 1. The van der Waals surface area contributed by atoms with Crippen molar-refractivity contribution in [1.29, 1.82) is 0 Å². The predicted octanol–water partition coefficient (Wildman–Crippen LogP) is 4.13. The molecule has 192 valence electrons. The number of rotatable bonds is 9. The van der Waals surface area contributed by atoms with E-state index in [-0.39, 0.29) is 24.5 Å². The van der Waals surface area contributed by atoms with Crippen molar-refractivity contribution in [2.45, 2.75) is 57.9 Å². The summed E-state index contributed by atoms with van der Waals surface area (Å²) < 4.78 is 11.0. The molecule has 8 heteroatoms. The van der Waals surface area contributed by atoms with E-state index in [0.717, 1.165) is 74.4 Å². The highest BCUT2D eigenvalue weighted by Crippen LogP contribution is 2.34. The molecule has 1 aromatic heterocycles. The Morgan fingerprint density at radius 1 is 1.17 bits per heavy atom. The Hall–Kier alpha value is -3.29. The Morgan fingerprint density at radius 3 is 2.94 bits per heavy atom. The third kappa shape index (κ3) is 5.42. The summed E-state index contributed by atoms with van der Waals surface area (Å²) in [7, 11) is 0. The van der Waals surface area contributed by atoms with Gasteiger partial charge in [0.05, 0.1) is 25.7 Å². The van der Waals surface area contributed by atoms with E-state index in [1.165, 1.54) is 11.1 Å². The van der Waals surface area contributed by atoms with Gasteiger partial charge in [-0.05, 0) is 67.9 Å². The third-order valence-electron chi connectivity index (χ3n) is 7.30. The summed E-state index contributed by atoms with van der Waals surface area (Å²) in [6.45, 7) is 5.80. The highest BCUT2D eigenvalue weighted by atomic mass is 16.5. The maximum Gasteiger partial charge on any atom is 0.320 e. The Balaban J connectivity index is 1.26. The molecule has 1 aromatic carbocycles. The molecule has 2 aromatic rings. The number of nitrogens with one attached hydrogen (secondary N) is 1. The van der Waals surface area contributed by atoms with Gasteiger partial charge in [-0.3, -0.25) is 4.79 Å². The molecular weight excluding hydrogens is 456 g/mol. The van der Waals surface area contributed by atoms with Crippen LogP contribution in [0.3, 0.4) is 0 Å². The maximum atomic E-state index is 13.6. The Morgan fingerprint density at radius 2 is 2.06 bits per heavy atom. The van der Waals surface area contributed by atoms with Crippen molar-refractivity contribution in [3.8, 4) is 5.75 Å². The number of hydrogen-bond donors (Lipinski definition) is 1. The van der Waals surface area contributed by atoms with Crippen molar-refractivity contribution < 1.29 is 19.1 Å². The molecule has 1 atom stereocenters. The van der Waals surface area contributed by atoms with Crippen LogP contribution in [0.4, 0.5) is 10.6 Å². The van der Waals surface area contributed by atoms with Crippen molar-refractivity contribution in [2.24, 2.45) is 0 Å². The number of ether oxygens (including phenoxy) is 2. The van der Waals surface area contributed by atoms with E-state index in [1.54, 1.807) is 6.92 Å². The summed E-state index contributed by atoms with van der Waals surface area (Å²) in [6.07, 6.45) is 5.80. The largest absolute Gasteiger partial charge is 0.493 e. The molecule has 8 nitrogen and oxygen atoms in total. The van der Waals surface area contributed by atoms with Gasteiger partial charge in [0.1, 0.15) is 11.6 Å². The number of urea groups is 1. The fourth-order valence-corrected chi connectivity index (χ4v) is 5.44. The molecule has 0 aliphatic carbocycles. The molecular formula is C28H36N4O4. The van der Waals surface area contributed by atoms with Gasteiger partial charge in [-0.2, -0.15) is 0 Å². The van der Waals surface area contributed by atoms with Crippen LogP contribution in [0.25, 0.3) is 0 Å². The number of aryl methyl sites for hydroxylation is 2. The van der Waals surface area contributed by atoms with Crippen molar-refractivity contribution in [3.63, 3.8) is 0 Å². The normalized spacial score (nSPS) is 17.6. The molecule has 0 bridgehead atoms. The van der Waals surface area contributed by atoms with Crippen molar-refractivity contribution >= 4 is 17.8 Å². The fraction of sp³-hybridized carbons (Fsp3) is 0.536. The lowest BCUT2D eigenvalue weighted by Gasteiger charge is -2.40. The average molecular weight is 493 g/mol. The lowest BCUT2D eigenvalue weighted by Crippen LogP contribution is -2.51. The second kappa shape index (κ2) is 11.2. The molecule has 36 heavy (non-hydrogen) atoms. The number of carbonyl (C=O) groups is 2. The number of aromatic nitrogens is 1. The fourth-order valence-electron chi connectivity index (χ4n) is 5.44. The van der Waals surface area contributed by atoms with Gasteiger partial charge >= 0.3 is 12.0 Å². The molecule has 1 N–H and O–H groups in total. The quantitative estimate of drug-likeness (QED) is 0.530. The predicted molar refractivity (Wildman–Crippen MR) is 137 cm³/mol. The molecule has 2 amide bonds. The summed E-state index contributed by atoms with van der Waals surface area (Å²) in [4.78, 5) is 34.6. The first-order chi connectivity index (χ1) is 17.6. The van der Waals surface area contributed by atoms with E-state index >= 15 is 0 Å². The van der Waals surface area contributed by atoms with Crippen LogP contribution in [0.15, 0.2) is 30.3 Å². The number of nitrogens with zero attached hydrogens (tertiary/aromatic N) is 3. The van der Waals surface area contributed by atoms with Gasteiger partial charge in [0, 0.05) is 38.3 Å². The first-order valence-corrected chi connectivity index (χ1v) is 13.3. The van der Waals surface area contributed by atoms with Crippen LogP contribution in [-0.4, -0.2) is 66.2 Å². The average Bonchev–Trinajstić information content (AvgIpc) is 3.37. The minimum Gasteiger partial charge on any atom is -0.493 e. The summed E-state index contributed by atoms with van der Waals surface area (Å²) in [5, 5.41) is 3.39. The van der Waals surface area contributed by atoms with Crippen LogP contribution in [0.2, 0.25) is 0 Å². The molecule has 0 saturated carbocycles. The number of hydrogen-bond acceptors (Lipinski definition) is 6. The molecule has 0 radical (unpaired) electrons. The summed E-state index contributed by atoms with van der Waals surface area (Å²) in [6, 6.07) is 9.98. The second-order valence-corrected chi connectivity index (χ2v) is 9.75. The summed E-state index contributed by atoms with van der Waals surface area (Å²) >= 11 is 0. The molecule has 0 unspecified atom stereocenters. The van der Waals surface area contributed by atoms with Crippen molar-refractivity contribution in [3.05, 3.63) is 52.7 Å². The first kappa shape index (κ1) is 24.4. The van der Waals surface area contributed by atoms with Gasteiger partial charge in [-0.1, -0.05) is 18.2 Å². The highest BCUT2D eigenvalue weighted by Gasteiger charge is 2.34. The van der Waals surface area contributed by atoms with Gasteiger partial charge in [0.2, 0.25) is 0 Å². The van der Waals surface area contributed by atoms with Gasteiger partial charge in [-0.25, -0.2) is 9.78 Å². The van der Waals surface area contributed by atoms with E-state index in [0.29, 0.717) is 26.3 Å². The zero-order valence-corrected chi connectivity index (χ0v) is 21.1. The van der Waals surface area contributed by atoms with E-state index in [4.69, 9.17) is 14.5 Å². The number of fused-ring (bicyclic) bond motifs is 2. The minimum atomic E-state index is -0.373. The number of pyridine rings is 1. The zero-order chi connectivity index (χ0) is 24.9. The standard InChI is InChI=1S/C28H36N4O4/c1-2-35-26(33)19-24(22-9-8-20-12-17-36-25(20)18-22)32-16-5-15-31(28(32)34)14-4-7-23-11-10-21-6-3-13-29-27(21)30-23/h8-11,18,24H,2-7,12-17,19H2,1H3,(H,29,30)/t24-/m0/s1. The summed E-state index contributed by atoms with van der Waals surface area (Å²) in [5.74, 6) is 1.58. The molecule has 1 fully saturated rings. The number of anilines is 1. The monoisotopic (exact) mass is 492 g/mol. The van der Waals surface area contributed by atoms with Crippen LogP contribution in [0, 0.1) is 0 Å². The molecule has 1 saturated heterocycles. The zero-order valence-electron chi connectivity index (χ0n) is 21.1. The lowest BCUT2D eigenvalue weighted by molar-refractivity contribution is -0.144.